The number of nitrogens with two attached hydrogens (primary N) is 1. The largest absolute Gasteiger partial charge is 0.416 e. The van der Waals surface area contributed by atoms with E-state index in [0.717, 1.165) is 12.1 Å². The molecular formula is C16H22F3N3O2. The van der Waals surface area contributed by atoms with Crippen LogP contribution in [-0.4, -0.2) is 23.9 Å². The van der Waals surface area contributed by atoms with Crippen LogP contribution in [0, 0.1) is 5.92 Å². The molecule has 4 N–H and O–H groups in total. The monoisotopic (exact) mass is 345 g/mol. The number of hydrogen-bond acceptors (Lipinski definition) is 3. The van der Waals surface area contributed by atoms with E-state index in [9.17, 15) is 22.8 Å². The second-order valence-electron chi connectivity index (χ2n) is 6.21. The van der Waals surface area contributed by atoms with Gasteiger partial charge in [-0.2, -0.15) is 13.2 Å². The minimum atomic E-state index is -4.64. The smallest absolute Gasteiger partial charge is 0.345 e. The maximum absolute atomic E-state index is 13.0. The van der Waals surface area contributed by atoms with Crippen molar-refractivity contribution in [2.45, 2.75) is 39.4 Å². The van der Waals surface area contributed by atoms with E-state index in [1.165, 1.54) is 13.0 Å². The fourth-order valence-corrected chi connectivity index (χ4v) is 1.96. The molecule has 1 atom stereocenters. The molecule has 1 aromatic carbocycles. The number of rotatable bonds is 5. The Hall–Kier alpha value is -2.09. The van der Waals surface area contributed by atoms with Crippen LogP contribution in [0.4, 0.5) is 18.9 Å². The molecule has 0 radical (unpaired) electrons. The van der Waals surface area contributed by atoms with E-state index < -0.39 is 29.1 Å². The minimum absolute atomic E-state index is 0.0212. The third kappa shape index (κ3) is 4.95. The number of hydrogen-bond donors (Lipinski definition) is 3. The average molecular weight is 345 g/mol. The zero-order chi connectivity index (χ0) is 18.7. The van der Waals surface area contributed by atoms with Gasteiger partial charge in [0.2, 0.25) is 5.91 Å². The second kappa shape index (κ2) is 7.21. The number of nitrogens with one attached hydrogen (secondary N) is 2. The Kier molecular flexibility index (Phi) is 5.99. The molecular weight excluding hydrogens is 323 g/mol. The van der Waals surface area contributed by atoms with Crippen molar-refractivity contribution >= 4 is 17.5 Å². The average Bonchev–Trinajstić information content (AvgIpc) is 2.44. The van der Waals surface area contributed by atoms with Crippen LogP contribution in [0.25, 0.3) is 0 Å². The third-order valence-electron chi connectivity index (χ3n) is 3.94. The Morgan fingerprint density at radius 2 is 1.79 bits per heavy atom. The van der Waals surface area contributed by atoms with Gasteiger partial charge in [-0.1, -0.05) is 13.8 Å². The van der Waals surface area contributed by atoms with Crippen molar-refractivity contribution in [1.29, 1.82) is 0 Å². The molecule has 0 saturated heterocycles. The summed E-state index contributed by atoms with van der Waals surface area (Å²) in [7, 11) is 0. The van der Waals surface area contributed by atoms with Gasteiger partial charge in [-0.3, -0.25) is 9.59 Å². The lowest BCUT2D eigenvalue weighted by Gasteiger charge is -2.33. The third-order valence-corrected chi connectivity index (χ3v) is 3.94. The predicted octanol–water partition coefficient (Wildman–Crippen LogP) is 2.77. The molecule has 8 heteroatoms. The quantitative estimate of drug-likeness (QED) is 0.767. The highest BCUT2D eigenvalue weighted by Gasteiger charge is 2.33. The summed E-state index contributed by atoms with van der Waals surface area (Å²) >= 11 is 0. The molecule has 0 heterocycles. The summed E-state index contributed by atoms with van der Waals surface area (Å²) < 4.78 is 39.0. The molecule has 2 amide bonds. The lowest BCUT2D eigenvalue weighted by molar-refractivity contribution is -0.137. The van der Waals surface area contributed by atoms with E-state index in [4.69, 9.17) is 5.73 Å². The van der Waals surface area contributed by atoms with Crippen LogP contribution in [0.3, 0.4) is 0 Å². The first-order valence-corrected chi connectivity index (χ1v) is 7.41. The molecule has 0 spiro atoms. The number of carbonyl (C=O) groups excluding carboxylic acids is 2. The summed E-state index contributed by atoms with van der Waals surface area (Å²) in [5.74, 6) is -1.24. The Balaban J connectivity index is 3.26. The molecule has 24 heavy (non-hydrogen) atoms. The van der Waals surface area contributed by atoms with Crippen molar-refractivity contribution in [2.24, 2.45) is 11.7 Å². The fourth-order valence-electron chi connectivity index (χ4n) is 1.96. The van der Waals surface area contributed by atoms with Crippen LogP contribution < -0.4 is 16.4 Å². The molecule has 0 aromatic heterocycles. The Morgan fingerprint density at radius 3 is 2.21 bits per heavy atom. The number of benzene rings is 1. The second-order valence-corrected chi connectivity index (χ2v) is 6.21. The van der Waals surface area contributed by atoms with Crippen molar-refractivity contribution in [3.05, 3.63) is 29.3 Å². The van der Waals surface area contributed by atoms with Crippen molar-refractivity contribution in [1.82, 2.24) is 5.32 Å². The highest BCUT2D eigenvalue weighted by molar-refractivity contribution is 5.97. The number of carbonyl (C=O) groups is 2. The summed E-state index contributed by atoms with van der Waals surface area (Å²) in [4.78, 5) is 23.5. The number of halogens is 3. The molecule has 1 aromatic rings. The first-order chi connectivity index (χ1) is 10.9. The van der Waals surface area contributed by atoms with E-state index in [1.807, 2.05) is 13.8 Å². The first-order valence-electron chi connectivity index (χ1n) is 7.41. The van der Waals surface area contributed by atoms with E-state index in [0.29, 0.717) is 0 Å². The van der Waals surface area contributed by atoms with Crippen molar-refractivity contribution in [2.75, 3.05) is 11.9 Å². The zero-order valence-corrected chi connectivity index (χ0v) is 14.0. The maximum Gasteiger partial charge on any atom is 0.416 e. The summed E-state index contributed by atoms with van der Waals surface area (Å²) in [6.45, 7) is 6.72. The van der Waals surface area contributed by atoms with Gasteiger partial charge < -0.3 is 16.4 Å². The van der Waals surface area contributed by atoms with Crippen LogP contribution in [0.2, 0.25) is 0 Å². The molecule has 0 saturated carbocycles. The zero-order valence-electron chi connectivity index (χ0n) is 14.0. The van der Waals surface area contributed by atoms with Crippen LogP contribution in [0.5, 0.6) is 0 Å². The van der Waals surface area contributed by atoms with Gasteiger partial charge in [-0.15, -0.1) is 0 Å². The summed E-state index contributed by atoms with van der Waals surface area (Å²) in [5, 5.41) is 4.94. The van der Waals surface area contributed by atoms with Gasteiger partial charge in [-0.05, 0) is 31.0 Å². The molecule has 1 rings (SSSR count). The first kappa shape index (κ1) is 20.0. The van der Waals surface area contributed by atoms with E-state index in [2.05, 4.69) is 10.6 Å². The van der Waals surface area contributed by atoms with Crippen LogP contribution in [0.15, 0.2) is 18.2 Å². The SMILES string of the molecule is CC(=O)Nc1cc(C(=O)NC(C)(CN)C(C)C)cc(C(F)(F)F)c1. The molecule has 5 nitrogen and oxygen atoms in total. The summed E-state index contributed by atoms with van der Waals surface area (Å²) in [6, 6.07) is 2.73. The highest BCUT2D eigenvalue weighted by Crippen LogP contribution is 2.32. The Morgan fingerprint density at radius 1 is 1.21 bits per heavy atom. The van der Waals surface area contributed by atoms with Gasteiger partial charge in [0, 0.05) is 24.7 Å². The Bertz CT molecular complexity index is 629. The Labute approximate surface area is 138 Å². The molecule has 0 bridgehead atoms. The van der Waals surface area contributed by atoms with Gasteiger partial charge in [0.1, 0.15) is 0 Å². The van der Waals surface area contributed by atoms with Gasteiger partial charge in [0.25, 0.3) is 5.91 Å². The van der Waals surface area contributed by atoms with Gasteiger partial charge in [-0.25, -0.2) is 0 Å². The lowest BCUT2D eigenvalue weighted by Crippen LogP contribution is -2.55. The van der Waals surface area contributed by atoms with Crippen molar-refractivity contribution in [3.63, 3.8) is 0 Å². The minimum Gasteiger partial charge on any atom is -0.345 e. The highest BCUT2D eigenvalue weighted by atomic mass is 19.4. The van der Waals surface area contributed by atoms with Crippen molar-refractivity contribution < 1.29 is 22.8 Å². The van der Waals surface area contributed by atoms with Crippen LogP contribution in [-0.2, 0) is 11.0 Å². The maximum atomic E-state index is 13.0. The molecule has 0 fully saturated rings. The molecule has 0 aliphatic carbocycles. The summed E-state index contributed by atoms with van der Waals surface area (Å²) in [6.07, 6.45) is -4.64. The van der Waals surface area contributed by atoms with Gasteiger partial charge >= 0.3 is 6.18 Å². The number of anilines is 1. The van der Waals surface area contributed by atoms with Crippen molar-refractivity contribution in [3.8, 4) is 0 Å². The lowest BCUT2D eigenvalue weighted by atomic mass is 9.88. The van der Waals surface area contributed by atoms with Crippen LogP contribution >= 0.6 is 0 Å². The molecule has 0 aliphatic rings. The van der Waals surface area contributed by atoms with E-state index in [1.54, 1.807) is 6.92 Å². The molecule has 134 valence electrons. The topological polar surface area (TPSA) is 84.2 Å². The number of amides is 2. The molecule has 1 unspecified atom stereocenters. The standard InChI is InChI=1S/C16H22F3N3O2/c1-9(2)15(4,8-20)22-14(24)11-5-12(16(17,18)19)7-13(6-11)21-10(3)23/h5-7,9H,8,20H2,1-4H3,(H,21,23)(H,22,24). The molecule has 0 aliphatic heterocycles. The fraction of sp³-hybridized carbons (Fsp3) is 0.500. The van der Waals surface area contributed by atoms with Gasteiger partial charge in [0.15, 0.2) is 0 Å². The van der Waals surface area contributed by atoms with Crippen LogP contribution in [0.1, 0.15) is 43.6 Å². The summed E-state index contributed by atoms with van der Waals surface area (Å²) in [5.41, 5.74) is 3.60. The van der Waals surface area contributed by atoms with E-state index in [-0.39, 0.29) is 23.7 Å². The predicted molar refractivity (Wildman–Crippen MR) is 85.5 cm³/mol. The van der Waals surface area contributed by atoms with E-state index >= 15 is 0 Å². The normalized spacial score (nSPS) is 14.2. The number of alkyl halides is 3. The van der Waals surface area contributed by atoms with Gasteiger partial charge in [0.05, 0.1) is 11.1 Å².